The predicted octanol–water partition coefficient (Wildman–Crippen LogP) is 3.17. The van der Waals surface area contributed by atoms with E-state index >= 15 is 0 Å². The standard InChI is InChI=1S/C17H27NO3/c1-4-9-18-17(13-6-5-10-21-12-13)15-8-7-14(19-2)11-16(15)20-3/h7-8,11,13,17-18H,4-6,9-10,12H2,1-3H3. The molecule has 4 heteroatoms. The maximum atomic E-state index is 5.68. The van der Waals surface area contributed by atoms with Crippen LogP contribution in [0.1, 0.15) is 37.8 Å². The lowest BCUT2D eigenvalue weighted by molar-refractivity contribution is 0.0387. The highest BCUT2D eigenvalue weighted by Gasteiger charge is 2.27. The van der Waals surface area contributed by atoms with E-state index in [9.17, 15) is 0 Å². The van der Waals surface area contributed by atoms with Crippen molar-refractivity contribution in [3.8, 4) is 11.5 Å². The summed E-state index contributed by atoms with van der Waals surface area (Å²) in [7, 11) is 3.39. The van der Waals surface area contributed by atoms with E-state index in [0.717, 1.165) is 44.1 Å². The Balaban J connectivity index is 2.25. The van der Waals surface area contributed by atoms with Crippen molar-refractivity contribution in [1.29, 1.82) is 0 Å². The summed E-state index contributed by atoms with van der Waals surface area (Å²) in [5.74, 6) is 2.20. The third kappa shape index (κ3) is 4.11. The van der Waals surface area contributed by atoms with Crippen LogP contribution in [0, 0.1) is 5.92 Å². The minimum absolute atomic E-state index is 0.270. The Kier molecular flexibility index (Phi) is 6.33. The number of benzene rings is 1. The molecule has 0 amide bonds. The van der Waals surface area contributed by atoms with Gasteiger partial charge in [0.25, 0.3) is 0 Å². The van der Waals surface area contributed by atoms with Gasteiger partial charge in [0.1, 0.15) is 11.5 Å². The second-order valence-electron chi connectivity index (χ2n) is 5.52. The highest BCUT2D eigenvalue weighted by molar-refractivity contribution is 5.42. The molecule has 118 valence electrons. The van der Waals surface area contributed by atoms with Crippen molar-refractivity contribution in [3.05, 3.63) is 23.8 Å². The van der Waals surface area contributed by atoms with Gasteiger partial charge in [-0.3, -0.25) is 0 Å². The van der Waals surface area contributed by atoms with Gasteiger partial charge >= 0.3 is 0 Å². The van der Waals surface area contributed by atoms with Crippen LogP contribution in [0.15, 0.2) is 18.2 Å². The van der Waals surface area contributed by atoms with Crippen LogP contribution in [0.3, 0.4) is 0 Å². The summed E-state index contributed by atoms with van der Waals surface area (Å²) in [5.41, 5.74) is 1.20. The summed E-state index contributed by atoms with van der Waals surface area (Å²) in [4.78, 5) is 0. The van der Waals surface area contributed by atoms with Gasteiger partial charge in [-0.2, -0.15) is 0 Å². The molecule has 1 aromatic rings. The molecule has 1 aliphatic rings. The summed E-state index contributed by atoms with van der Waals surface area (Å²) >= 11 is 0. The number of rotatable bonds is 7. The highest BCUT2D eigenvalue weighted by Crippen LogP contribution is 2.36. The average molecular weight is 293 g/mol. The van der Waals surface area contributed by atoms with Crippen LogP contribution in [0.4, 0.5) is 0 Å². The summed E-state index contributed by atoms with van der Waals surface area (Å²) < 4.78 is 16.5. The third-order valence-corrected chi connectivity index (χ3v) is 4.06. The largest absolute Gasteiger partial charge is 0.497 e. The van der Waals surface area contributed by atoms with Crippen LogP contribution in [-0.2, 0) is 4.74 Å². The lowest BCUT2D eigenvalue weighted by Crippen LogP contribution is -2.34. The fraction of sp³-hybridized carbons (Fsp3) is 0.647. The fourth-order valence-electron chi connectivity index (χ4n) is 2.93. The maximum Gasteiger partial charge on any atom is 0.127 e. The summed E-state index contributed by atoms with van der Waals surface area (Å²) in [5, 5.41) is 3.67. The molecule has 1 saturated heterocycles. The molecule has 1 fully saturated rings. The van der Waals surface area contributed by atoms with Gasteiger partial charge in [-0.1, -0.05) is 13.0 Å². The molecule has 21 heavy (non-hydrogen) atoms. The van der Waals surface area contributed by atoms with Crippen molar-refractivity contribution in [1.82, 2.24) is 5.32 Å². The first-order valence-corrected chi connectivity index (χ1v) is 7.83. The van der Waals surface area contributed by atoms with Gasteiger partial charge in [-0.25, -0.2) is 0 Å². The number of ether oxygens (including phenoxy) is 3. The molecule has 1 aliphatic heterocycles. The highest BCUT2D eigenvalue weighted by atomic mass is 16.5. The van der Waals surface area contributed by atoms with Crippen LogP contribution < -0.4 is 14.8 Å². The topological polar surface area (TPSA) is 39.7 Å². The summed E-state index contributed by atoms with van der Waals surface area (Å²) in [6, 6.07) is 6.34. The van der Waals surface area contributed by atoms with E-state index in [2.05, 4.69) is 18.3 Å². The van der Waals surface area contributed by atoms with Crippen LogP contribution in [0.5, 0.6) is 11.5 Å². The molecule has 1 heterocycles. The second kappa shape index (κ2) is 8.25. The molecular weight excluding hydrogens is 266 g/mol. The van der Waals surface area contributed by atoms with Gasteiger partial charge < -0.3 is 19.5 Å². The van der Waals surface area contributed by atoms with E-state index in [1.54, 1.807) is 14.2 Å². The third-order valence-electron chi connectivity index (χ3n) is 4.06. The van der Waals surface area contributed by atoms with Crippen LogP contribution >= 0.6 is 0 Å². The van der Waals surface area contributed by atoms with Crippen molar-refractivity contribution in [3.63, 3.8) is 0 Å². The SMILES string of the molecule is CCCNC(c1ccc(OC)cc1OC)C1CCCOC1. The van der Waals surface area contributed by atoms with E-state index in [4.69, 9.17) is 14.2 Å². The van der Waals surface area contributed by atoms with E-state index < -0.39 is 0 Å². The molecule has 0 radical (unpaired) electrons. The average Bonchev–Trinajstić information content (AvgIpc) is 2.56. The normalized spacial score (nSPS) is 20.0. The van der Waals surface area contributed by atoms with Gasteiger partial charge in [-0.15, -0.1) is 0 Å². The van der Waals surface area contributed by atoms with Gasteiger partial charge in [0.2, 0.25) is 0 Å². The molecule has 2 rings (SSSR count). The zero-order valence-corrected chi connectivity index (χ0v) is 13.4. The fourth-order valence-corrected chi connectivity index (χ4v) is 2.93. The number of hydrogen-bond acceptors (Lipinski definition) is 4. The molecule has 0 bridgehead atoms. The Morgan fingerprint density at radius 1 is 1.33 bits per heavy atom. The first kappa shape index (κ1) is 16.1. The quantitative estimate of drug-likeness (QED) is 0.838. The van der Waals surface area contributed by atoms with E-state index in [0.29, 0.717) is 5.92 Å². The maximum absolute atomic E-state index is 5.68. The Morgan fingerprint density at radius 3 is 2.81 bits per heavy atom. The number of methoxy groups -OCH3 is 2. The van der Waals surface area contributed by atoms with E-state index in [1.807, 2.05) is 12.1 Å². The van der Waals surface area contributed by atoms with Crippen molar-refractivity contribution in [2.24, 2.45) is 5.92 Å². The van der Waals surface area contributed by atoms with Crippen molar-refractivity contribution in [2.75, 3.05) is 34.0 Å². The van der Waals surface area contributed by atoms with Crippen LogP contribution in [0.25, 0.3) is 0 Å². The second-order valence-corrected chi connectivity index (χ2v) is 5.52. The first-order valence-electron chi connectivity index (χ1n) is 7.83. The number of nitrogens with one attached hydrogen (secondary N) is 1. The van der Waals surface area contributed by atoms with Crippen molar-refractivity contribution < 1.29 is 14.2 Å². The molecule has 2 unspecified atom stereocenters. The van der Waals surface area contributed by atoms with Gasteiger partial charge in [0.15, 0.2) is 0 Å². The molecule has 1 aromatic carbocycles. The van der Waals surface area contributed by atoms with Crippen molar-refractivity contribution in [2.45, 2.75) is 32.2 Å². The Bertz CT molecular complexity index is 430. The molecule has 2 atom stereocenters. The lowest BCUT2D eigenvalue weighted by Gasteiger charge is -2.32. The Hall–Kier alpha value is -1.26. The molecule has 0 saturated carbocycles. The minimum Gasteiger partial charge on any atom is -0.497 e. The number of hydrogen-bond donors (Lipinski definition) is 1. The van der Waals surface area contributed by atoms with Gasteiger partial charge in [-0.05, 0) is 31.9 Å². The zero-order valence-electron chi connectivity index (χ0n) is 13.4. The van der Waals surface area contributed by atoms with Gasteiger partial charge in [0, 0.05) is 30.2 Å². The van der Waals surface area contributed by atoms with Crippen molar-refractivity contribution >= 4 is 0 Å². The Morgan fingerprint density at radius 2 is 2.19 bits per heavy atom. The van der Waals surface area contributed by atoms with Gasteiger partial charge in [0.05, 0.1) is 20.8 Å². The summed E-state index contributed by atoms with van der Waals surface area (Å²) in [6.07, 6.45) is 3.44. The molecule has 0 aromatic heterocycles. The minimum atomic E-state index is 0.270. The smallest absolute Gasteiger partial charge is 0.127 e. The molecule has 1 N–H and O–H groups in total. The summed E-state index contributed by atoms with van der Waals surface area (Å²) in [6.45, 7) is 4.89. The lowest BCUT2D eigenvalue weighted by atomic mass is 9.88. The zero-order chi connectivity index (χ0) is 15.1. The Labute approximate surface area is 127 Å². The predicted molar refractivity (Wildman–Crippen MR) is 84.1 cm³/mol. The van der Waals surface area contributed by atoms with Crippen LogP contribution in [0.2, 0.25) is 0 Å². The molecule has 4 nitrogen and oxygen atoms in total. The monoisotopic (exact) mass is 293 g/mol. The molecule has 0 spiro atoms. The molecular formula is C17H27NO3. The van der Waals surface area contributed by atoms with E-state index in [1.165, 1.54) is 12.0 Å². The van der Waals surface area contributed by atoms with E-state index in [-0.39, 0.29) is 6.04 Å². The molecule has 0 aliphatic carbocycles. The van der Waals surface area contributed by atoms with Crippen LogP contribution in [-0.4, -0.2) is 34.0 Å². The first-order chi connectivity index (χ1) is 10.3.